The number of hydrogen-bond acceptors (Lipinski definition) is 6. The van der Waals surface area contributed by atoms with Crippen molar-refractivity contribution in [3.63, 3.8) is 0 Å². The average molecular weight is 527 g/mol. The van der Waals surface area contributed by atoms with E-state index in [9.17, 15) is 9.59 Å². The molecule has 0 saturated heterocycles. The number of benzene rings is 2. The van der Waals surface area contributed by atoms with Gasteiger partial charge in [-0.3, -0.25) is 9.59 Å². The number of nitrogens with zero attached hydrogens (tertiary/aromatic N) is 1. The van der Waals surface area contributed by atoms with E-state index in [1.54, 1.807) is 18.3 Å². The number of pyridine rings is 1. The lowest BCUT2D eigenvalue weighted by Crippen LogP contribution is -2.04. The van der Waals surface area contributed by atoms with Crippen LogP contribution in [-0.2, 0) is 0 Å². The maximum absolute atomic E-state index is 12.2. The van der Waals surface area contributed by atoms with Gasteiger partial charge in [-0.15, -0.1) is 22.7 Å². The van der Waals surface area contributed by atoms with Crippen molar-refractivity contribution >= 4 is 49.5 Å². The van der Waals surface area contributed by atoms with Crippen molar-refractivity contribution in [3.05, 3.63) is 104 Å². The lowest BCUT2D eigenvalue weighted by molar-refractivity contribution is 0.101. The molecule has 0 fully saturated rings. The topological polar surface area (TPSA) is 73.1 Å². The predicted molar refractivity (Wildman–Crippen MR) is 157 cm³/mol. The summed E-state index contributed by atoms with van der Waals surface area (Å²) in [5.41, 5.74) is 13.1. The number of carbonyl (C=O) groups excluding carboxylic acids is 2. The first-order chi connectivity index (χ1) is 17.6. The third-order valence-corrected chi connectivity index (χ3v) is 8.73. The van der Waals surface area contributed by atoms with Crippen molar-refractivity contribution in [2.75, 3.05) is 5.73 Å². The largest absolute Gasteiger partial charge is 0.390 e. The molecular weight excluding hydrogens is 496 g/mol. The van der Waals surface area contributed by atoms with Crippen molar-refractivity contribution in [3.8, 4) is 11.1 Å². The molecule has 0 unspecified atom stereocenters. The number of fused-ring (bicyclic) bond motifs is 1. The number of hydrogen-bond donors (Lipinski definition) is 1. The molecule has 3 aromatic heterocycles. The van der Waals surface area contributed by atoms with Crippen LogP contribution >= 0.6 is 22.7 Å². The monoisotopic (exact) mass is 526 g/mol. The molecule has 0 amide bonds. The summed E-state index contributed by atoms with van der Waals surface area (Å²) in [4.78, 5) is 32.5. The van der Waals surface area contributed by atoms with Gasteiger partial charge in [0.2, 0.25) is 0 Å². The predicted octanol–water partition coefficient (Wildman–Crippen LogP) is 8.27. The fourth-order valence-electron chi connectivity index (χ4n) is 4.49. The molecular formula is C31H30N2O2S2. The molecule has 3 heterocycles. The normalized spacial score (nSPS) is 10.8. The second kappa shape index (κ2) is 10.8. The van der Waals surface area contributed by atoms with Crippen LogP contribution in [0.1, 0.15) is 59.8 Å². The Balaban J connectivity index is 0.000000180. The molecule has 2 aromatic carbocycles. The number of carbonyl (C=O) groups is 2. The average Bonchev–Trinajstić information content (AvgIpc) is 3.31. The Labute approximate surface area is 225 Å². The summed E-state index contributed by atoms with van der Waals surface area (Å²) in [5, 5.41) is 1.74. The van der Waals surface area contributed by atoms with Gasteiger partial charge in [-0.2, -0.15) is 0 Å². The fourth-order valence-corrected chi connectivity index (χ4v) is 6.51. The van der Waals surface area contributed by atoms with E-state index in [0.717, 1.165) is 43.0 Å². The van der Waals surface area contributed by atoms with Gasteiger partial charge in [0, 0.05) is 31.8 Å². The van der Waals surface area contributed by atoms with Crippen molar-refractivity contribution < 1.29 is 9.59 Å². The number of nitrogen functional groups attached to an aromatic ring is 1. The van der Waals surface area contributed by atoms with Gasteiger partial charge in [-0.05, 0) is 58.2 Å². The number of ketones is 2. The first-order valence-electron chi connectivity index (χ1n) is 12.0. The van der Waals surface area contributed by atoms with Crippen molar-refractivity contribution in [1.82, 2.24) is 4.98 Å². The summed E-state index contributed by atoms with van der Waals surface area (Å²) in [5.74, 6) is 0.0870. The van der Waals surface area contributed by atoms with Crippen molar-refractivity contribution in [1.29, 1.82) is 0 Å². The lowest BCUT2D eigenvalue weighted by Gasteiger charge is -2.12. The van der Waals surface area contributed by atoms with E-state index < -0.39 is 0 Å². The molecule has 6 heteroatoms. The lowest BCUT2D eigenvalue weighted by atomic mass is 9.92. The third kappa shape index (κ3) is 5.13. The van der Waals surface area contributed by atoms with Gasteiger partial charge < -0.3 is 5.73 Å². The highest BCUT2D eigenvalue weighted by Gasteiger charge is 2.21. The Kier molecular flexibility index (Phi) is 7.71. The van der Waals surface area contributed by atoms with Gasteiger partial charge in [0.1, 0.15) is 4.83 Å². The van der Waals surface area contributed by atoms with Crippen molar-refractivity contribution in [2.45, 2.75) is 41.5 Å². The molecule has 0 aliphatic rings. The number of nitrogens with two attached hydrogens (primary N) is 1. The van der Waals surface area contributed by atoms with Crippen LogP contribution in [0.15, 0.2) is 60.7 Å². The smallest absolute Gasteiger partial charge is 0.196 e. The van der Waals surface area contributed by atoms with E-state index in [4.69, 9.17) is 5.73 Å². The first-order valence-corrected chi connectivity index (χ1v) is 13.7. The molecule has 0 bridgehead atoms. The van der Waals surface area contributed by atoms with Crippen molar-refractivity contribution in [2.24, 2.45) is 0 Å². The summed E-state index contributed by atoms with van der Waals surface area (Å²) in [6, 6.07) is 19.4. The molecule has 0 spiro atoms. The molecule has 4 nitrogen and oxygen atoms in total. The number of aromatic nitrogens is 1. The highest BCUT2D eigenvalue weighted by molar-refractivity contribution is 7.18. The summed E-state index contributed by atoms with van der Waals surface area (Å²) in [6.07, 6.45) is 0. The summed E-state index contributed by atoms with van der Waals surface area (Å²) >= 11 is 3.18. The number of aryl methyl sites for hydroxylation is 4. The van der Waals surface area contributed by atoms with Gasteiger partial charge in [-0.1, -0.05) is 60.7 Å². The molecule has 37 heavy (non-hydrogen) atoms. The molecule has 0 atom stereocenters. The number of thiophene rings is 2. The minimum absolute atomic E-state index is 0.0138. The summed E-state index contributed by atoms with van der Waals surface area (Å²) in [6.45, 7) is 11.7. The summed E-state index contributed by atoms with van der Waals surface area (Å²) in [7, 11) is 0. The van der Waals surface area contributed by atoms with E-state index in [2.05, 4.69) is 31.0 Å². The van der Waals surface area contributed by atoms with E-state index >= 15 is 0 Å². The molecule has 5 aromatic rings. The Morgan fingerprint density at radius 3 is 1.86 bits per heavy atom. The molecule has 5 rings (SSSR count). The second-order valence-corrected chi connectivity index (χ2v) is 11.5. The van der Waals surface area contributed by atoms with Gasteiger partial charge in [0.25, 0.3) is 0 Å². The molecule has 2 N–H and O–H groups in total. The maximum Gasteiger partial charge on any atom is 0.196 e. The Morgan fingerprint density at radius 2 is 1.32 bits per heavy atom. The Bertz CT molecular complexity index is 1610. The van der Waals surface area contributed by atoms with Crippen LogP contribution in [0.3, 0.4) is 0 Å². The molecule has 188 valence electrons. The van der Waals surface area contributed by atoms with Gasteiger partial charge in [0.15, 0.2) is 11.6 Å². The Hall–Kier alpha value is -3.61. The van der Waals surface area contributed by atoms with E-state index in [-0.39, 0.29) is 11.6 Å². The highest BCUT2D eigenvalue weighted by Crippen LogP contribution is 2.39. The quantitative estimate of drug-likeness (QED) is 0.239. The molecule has 0 saturated carbocycles. The Morgan fingerprint density at radius 1 is 0.757 bits per heavy atom. The van der Waals surface area contributed by atoms with Crippen LogP contribution in [-0.4, -0.2) is 16.6 Å². The standard InChI is InChI=1S/C18H17NOS.C13H13NOS/c1-10-13(4)21-18-15(10)17(14-8-6-5-7-9-14)16(12(3)20)11(2)19-18;1-8-9(2)16-13(14)11(8)12(15)10-6-4-3-5-7-10/h5-9H,1-4H3;3-7H,14H2,1-2H3. The second-order valence-electron chi connectivity index (χ2n) is 9.05. The van der Waals surface area contributed by atoms with Crippen LogP contribution in [0, 0.1) is 34.6 Å². The van der Waals surface area contributed by atoms with Gasteiger partial charge in [0.05, 0.1) is 16.3 Å². The van der Waals surface area contributed by atoms with Crippen LogP contribution in [0.4, 0.5) is 5.00 Å². The maximum atomic E-state index is 12.2. The van der Waals surface area contributed by atoms with Crippen LogP contribution in [0.5, 0.6) is 0 Å². The van der Waals surface area contributed by atoms with Gasteiger partial charge >= 0.3 is 0 Å². The van der Waals surface area contributed by atoms with E-state index in [1.165, 1.54) is 21.8 Å². The summed E-state index contributed by atoms with van der Waals surface area (Å²) < 4.78 is 0. The van der Waals surface area contributed by atoms with Crippen LogP contribution in [0.25, 0.3) is 21.3 Å². The van der Waals surface area contributed by atoms with E-state index in [0.29, 0.717) is 16.1 Å². The zero-order valence-corrected chi connectivity index (χ0v) is 23.6. The fraction of sp³-hybridized carbons (Fsp3) is 0.194. The van der Waals surface area contributed by atoms with Crippen LogP contribution < -0.4 is 5.73 Å². The van der Waals surface area contributed by atoms with Crippen LogP contribution in [0.2, 0.25) is 0 Å². The minimum atomic E-state index is 0.0138. The zero-order chi connectivity index (χ0) is 26.9. The molecule has 0 aliphatic carbocycles. The highest BCUT2D eigenvalue weighted by atomic mass is 32.1. The molecule has 0 radical (unpaired) electrons. The van der Waals surface area contributed by atoms with E-state index in [1.807, 2.05) is 69.3 Å². The number of rotatable bonds is 4. The minimum Gasteiger partial charge on any atom is -0.390 e. The SMILES string of the molecule is CC(=O)c1c(C)nc2sc(C)c(C)c2c1-c1ccccc1.Cc1sc(N)c(C(=O)c2ccccc2)c1C. The zero-order valence-electron chi connectivity index (χ0n) is 21.9. The van der Waals surface area contributed by atoms with Gasteiger partial charge in [-0.25, -0.2) is 4.98 Å². The third-order valence-electron chi connectivity index (χ3n) is 6.59. The number of anilines is 1. The number of Topliss-reactive ketones (excluding diaryl/α,β-unsaturated/α-hetero) is 1. The first kappa shape index (κ1) is 26.5. The molecule has 0 aliphatic heterocycles.